The molecule has 0 saturated heterocycles. The third kappa shape index (κ3) is 3.64. The van der Waals surface area contributed by atoms with E-state index in [0.29, 0.717) is 6.42 Å². The van der Waals surface area contributed by atoms with Crippen LogP contribution in [-0.2, 0) is 25.9 Å². The van der Waals surface area contributed by atoms with Crippen molar-refractivity contribution in [1.82, 2.24) is 9.78 Å². The minimum absolute atomic E-state index is 0.453. The number of rotatable bonds is 6. The van der Waals surface area contributed by atoms with Crippen molar-refractivity contribution in [2.75, 3.05) is 5.32 Å². The van der Waals surface area contributed by atoms with E-state index in [0.717, 1.165) is 46.6 Å². The third-order valence-electron chi connectivity index (χ3n) is 3.39. The summed E-state index contributed by atoms with van der Waals surface area (Å²) >= 11 is 3.65. The largest absolute Gasteiger partial charge is 0.379 e. The lowest BCUT2D eigenvalue weighted by atomic mass is 10.1. The van der Waals surface area contributed by atoms with Gasteiger partial charge in [0.2, 0.25) is 0 Å². The summed E-state index contributed by atoms with van der Waals surface area (Å²) in [7, 11) is 0. The number of anilines is 1. The van der Waals surface area contributed by atoms with Crippen LogP contribution in [0, 0.1) is 11.3 Å². The second-order valence-corrected chi connectivity index (χ2v) is 5.56. The Labute approximate surface area is 133 Å². The Morgan fingerprint density at radius 2 is 2.00 bits per heavy atom. The van der Waals surface area contributed by atoms with Crippen molar-refractivity contribution in [3.05, 3.63) is 45.7 Å². The average molecular weight is 347 g/mol. The molecule has 1 aromatic carbocycles. The second kappa shape index (κ2) is 7.28. The molecule has 0 bridgehead atoms. The highest BCUT2D eigenvalue weighted by Gasteiger charge is 2.13. The molecule has 1 aromatic heterocycles. The predicted molar refractivity (Wildman–Crippen MR) is 88.1 cm³/mol. The number of halogens is 1. The highest BCUT2D eigenvalue weighted by atomic mass is 79.9. The number of nitriles is 1. The highest BCUT2D eigenvalue weighted by molar-refractivity contribution is 9.10. The summed E-state index contributed by atoms with van der Waals surface area (Å²) in [6.45, 7) is 5.78. The van der Waals surface area contributed by atoms with E-state index in [-0.39, 0.29) is 0 Å². The fraction of sp³-hybridized carbons (Fsp3) is 0.375. The van der Waals surface area contributed by atoms with Gasteiger partial charge in [0.05, 0.1) is 34.9 Å². The number of nitrogens with zero attached hydrogens (tertiary/aromatic N) is 3. The first-order valence-electron chi connectivity index (χ1n) is 7.13. The first kappa shape index (κ1) is 15.6. The van der Waals surface area contributed by atoms with Crippen molar-refractivity contribution in [3.63, 3.8) is 0 Å². The molecule has 0 radical (unpaired) electrons. The molecule has 0 amide bonds. The van der Waals surface area contributed by atoms with Crippen LogP contribution in [0.3, 0.4) is 0 Å². The number of hydrogen-bond donors (Lipinski definition) is 1. The maximum atomic E-state index is 8.67. The van der Waals surface area contributed by atoms with Gasteiger partial charge in [-0.05, 0) is 47.0 Å². The summed E-state index contributed by atoms with van der Waals surface area (Å²) in [6, 6.07) is 10.1. The summed E-state index contributed by atoms with van der Waals surface area (Å²) in [6.07, 6.45) is 1.37. The van der Waals surface area contributed by atoms with Crippen molar-refractivity contribution in [2.45, 2.75) is 39.8 Å². The number of nitrogens with one attached hydrogen (secondary N) is 1. The first-order valence-corrected chi connectivity index (χ1v) is 7.92. The van der Waals surface area contributed by atoms with Gasteiger partial charge in [0.1, 0.15) is 0 Å². The molecule has 2 aromatic rings. The lowest BCUT2D eigenvalue weighted by Gasteiger charge is -2.09. The summed E-state index contributed by atoms with van der Waals surface area (Å²) in [4.78, 5) is 0. The predicted octanol–water partition coefficient (Wildman–Crippen LogP) is 3.91. The number of hydrogen-bond acceptors (Lipinski definition) is 3. The molecule has 4 nitrogen and oxygen atoms in total. The monoisotopic (exact) mass is 346 g/mol. The molecule has 110 valence electrons. The van der Waals surface area contributed by atoms with Gasteiger partial charge in [-0.3, -0.25) is 4.68 Å². The maximum absolute atomic E-state index is 8.67. The molecular weight excluding hydrogens is 328 g/mol. The van der Waals surface area contributed by atoms with Gasteiger partial charge in [0.15, 0.2) is 0 Å². The van der Waals surface area contributed by atoms with E-state index in [9.17, 15) is 0 Å². The number of benzene rings is 1. The summed E-state index contributed by atoms with van der Waals surface area (Å²) < 4.78 is 3.13. The molecule has 0 fully saturated rings. The summed E-state index contributed by atoms with van der Waals surface area (Å²) in [5.41, 5.74) is 4.34. The van der Waals surface area contributed by atoms with Crippen LogP contribution in [0.5, 0.6) is 0 Å². The van der Waals surface area contributed by atoms with Gasteiger partial charge in [-0.2, -0.15) is 10.4 Å². The minimum Gasteiger partial charge on any atom is -0.379 e. The molecule has 0 unspecified atom stereocenters. The second-order valence-electron chi connectivity index (χ2n) is 4.76. The van der Waals surface area contributed by atoms with Crippen molar-refractivity contribution < 1.29 is 0 Å². The first-order chi connectivity index (χ1) is 10.2. The molecule has 1 N–H and O–H groups in total. The van der Waals surface area contributed by atoms with E-state index in [4.69, 9.17) is 5.26 Å². The average Bonchev–Trinajstić information content (AvgIpc) is 2.82. The smallest absolute Gasteiger partial charge is 0.0767 e. The van der Waals surface area contributed by atoms with Crippen LogP contribution in [0.1, 0.15) is 30.8 Å². The Morgan fingerprint density at radius 3 is 2.57 bits per heavy atom. The van der Waals surface area contributed by atoms with Gasteiger partial charge >= 0.3 is 0 Å². The Kier molecular flexibility index (Phi) is 5.40. The standard InChI is InChI=1S/C16H19BrN4/c1-3-14-16(17)15(21(4-2)20-14)11-19-13-7-5-12(6-8-13)9-10-18/h5-8,19H,3-4,9,11H2,1-2H3. The molecule has 0 spiro atoms. The van der Waals surface area contributed by atoms with Crippen molar-refractivity contribution >= 4 is 21.6 Å². The maximum Gasteiger partial charge on any atom is 0.0767 e. The molecule has 1 heterocycles. The molecule has 0 saturated carbocycles. The molecule has 0 atom stereocenters. The third-order valence-corrected chi connectivity index (χ3v) is 4.31. The molecule has 2 rings (SSSR count). The van der Waals surface area contributed by atoms with Crippen LogP contribution in [0.15, 0.2) is 28.7 Å². The summed E-state index contributed by atoms with van der Waals surface area (Å²) in [5.74, 6) is 0. The molecular formula is C16H19BrN4. The normalized spacial score (nSPS) is 10.4. The van der Waals surface area contributed by atoms with E-state index in [2.05, 4.69) is 46.3 Å². The zero-order valence-corrected chi connectivity index (χ0v) is 13.9. The zero-order chi connectivity index (χ0) is 15.2. The highest BCUT2D eigenvalue weighted by Crippen LogP contribution is 2.23. The van der Waals surface area contributed by atoms with Gasteiger partial charge in [-0.25, -0.2) is 0 Å². The van der Waals surface area contributed by atoms with Crippen LogP contribution in [-0.4, -0.2) is 9.78 Å². The van der Waals surface area contributed by atoms with Gasteiger partial charge in [-0.15, -0.1) is 0 Å². The fourth-order valence-corrected chi connectivity index (χ4v) is 2.91. The topological polar surface area (TPSA) is 53.6 Å². The van der Waals surface area contributed by atoms with Gasteiger partial charge in [0.25, 0.3) is 0 Å². The Morgan fingerprint density at radius 1 is 1.29 bits per heavy atom. The molecule has 5 heteroatoms. The van der Waals surface area contributed by atoms with Gasteiger partial charge in [-0.1, -0.05) is 19.1 Å². The number of aryl methyl sites for hydroxylation is 2. The Balaban J connectivity index is 2.09. The Hall–Kier alpha value is -1.80. The quantitative estimate of drug-likeness (QED) is 0.862. The van der Waals surface area contributed by atoms with Crippen molar-refractivity contribution in [1.29, 1.82) is 5.26 Å². The molecule has 0 aliphatic carbocycles. The molecule has 0 aliphatic heterocycles. The lowest BCUT2D eigenvalue weighted by Crippen LogP contribution is -2.08. The van der Waals surface area contributed by atoms with Crippen LogP contribution in [0.25, 0.3) is 0 Å². The van der Waals surface area contributed by atoms with Gasteiger partial charge < -0.3 is 5.32 Å². The SMILES string of the molecule is CCc1nn(CC)c(CNc2ccc(CC#N)cc2)c1Br. The fourth-order valence-electron chi connectivity index (χ4n) is 2.20. The minimum atomic E-state index is 0.453. The van der Waals surface area contributed by atoms with E-state index in [1.54, 1.807) is 0 Å². The van der Waals surface area contributed by atoms with E-state index in [1.165, 1.54) is 0 Å². The zero-order valence-electron chi connectivity index (χ0n) is 12.4. The lowest BCUT2D eigenvalue weighted by molar-refractivity contribution is 0.619. The van der Waals surface area contributed by atoms with E-state index < -0.39 is 0 Å². The van der Waals surface area contributed by atoms with E-state index >= 15 is 0 Å². The van der Waals surface area contributed by atoms with Crippen molar-refractivity contribution in [3.8, 4) is 6.07 Å². The van der Waals surface area contributed by atoms with Crippen LogP contribution >= 0.6 is 15.9 Å². The van der Waals surface area contributed by atoms with Crippen LogP contribution in [0.2, 0.25) is 0 Å². The van der Waals surface area contributed by atoms with Crippen LogP contribution < -0.4 is 5.32 Å². The van der Waals surface area contributed by atoms with Crippen molar-refractivity contribution in [2.24, 2.45) is 0 Å². The number of aromatic nitrogens is 2. The van der Waals surface area contributed by atoms with E-state index in [1.807, 2.05) is 28.9 Å². The van der Waals surface area contributed by atoms with Crippen LogP contribution in [0.4, 0.5) is 5.69 Å². The molecule has 21 heavy (non-hydrogen) atoms. The molecule has 0 aliphatic rings. The van der Waals surface area contributed by atoms with Gasteiger partial charge in [0, 0.05) is 12.2 Å². The Bertz CT molecular complexity index is 638. The summed E-state index contributed by atoms with van der Waals surface area (Å²) in [5, 5.41) is 16.7.